The van der Waals surface area contributed by atoms with E-state index in [4.69, 9.17) is 4.74 Å². The molecular formula is C16H13BrO2. The highest BCUT2D eigenvalue weighted by Gasteiger charge is 2.29. The van der Waals surface area contributed by atoms with Crippen molar-refractivity contribution in [2.24, 2.45) is 0 Å². The summed E-state index contributed by atoms with van der Waals surface area (Å²) in [7, 11) is 0. The smallest absolute Gasteiger partial charge is 0.318 e. The van der Waals surface area contributed by atoms with Gasteiger partial charge in [-0.1, -0.05) is 58.4 Å². The molecule has 0 N–H and O–H groups in total. The van der Waals surface area contributed by atoms with E-state index in [1.807, 2.05) is 24.3 Å². The Morgan fingerprint density at radius 1 is 1.16 bits per heavy atom. The molecule has 0 amide bonds. The van der Waals surface area contributed by atoms with Crippen LogP contribution in [0.3, 0.4) is 0 Å². The maximum Gasteiger partial charge on any atom is 0.318 e. The minimum Gasteiger partial charge on any atom is -0.430 e. The lowest BCUT2D eigenvalue weighted by molar-refractivity contribution is -0.143. The van der Waals surface area contributed by atoms with E-state index in [0.29, 0.717) is 5.76 Å². The molecule has 2 aromatic rings. The lowest BCUT2D eigenvalue weighted by Gasteiger charge is -2.23. The molecule has 0 unspecified atom stereocenters. The monoisotopic (exact) mass is 316 g/mol. The van der Waals surface area contributed by atoms with Crippen LogP contribution in [0.5, 0.6) is 0 Å². The average Bonchev–Trinajstić information content (AvgIpc) is 2.46. The molecule has 3 rings (SSSR count). The molecule has 96 valence electrons. The van der Waals surface area contributed by atoms with Crippen LogP contribution in [0.25, 0.3) is 10.8 Å². The second-order valence-corrected chi connectivity index (χ2v) is 5.11. The number of halogens is 1. The van der Waals surface area contributed by atoms with Crippen LogP contribution in [0.4, 0.5) is 0 Å². The molecule has 19 heavy (non-hydrogen) atoms. The van der Waals surface area contributed by atoms with Crippen LogP contribution >= 0.6 is 15.9 Å². The number of carbonyl (C=O) groups excluding carboxylic acids is 1. The molecular weight excluding hydrogens is 304 g/mol. The van der Waals surface area contributed by atoms with Gasteiger partial charge in [-0.3, -0.25) is 4.79 Å². The summed E-state index contributed by atoms with van der Waals surface area (Å²) in [5.74, 6) is 0.386. The van der Waals surface area contributed by atoms with Gasteiger partial charge in [0.25, 0.3) is 0 Å². The van der Waals surface area contributed by atoms with Gasteiger partial charge in [-0.05, 0) is 22.8 Å². The van der Waals surface area contributed by atoms with Crippen molar-refractivity contribution < 1.29 is 9.53 Å². The van der Waals surface area contributed by atoms with Crippen LogP contribution in [0.1, 0.15) is 24.3 Å². The van der Waals surface area contributed by atoms with Crippen LogP contribution < -0.4 is 0 Å². The number of carbonyl (C=O) groups is 1. The summed E-state index contributed by atoms with van der Waals surface area (Å²) in [6.45, 7) is 0. The van der Waals surface area contributed by atoms with Gasteiger partial charge in [0.2, 0.25) is 0 Å². The Labute approximate surface area is 120 Å². The van der Waals surface area contributed by atoms with Gasteiger partial charge >= 0.3 is 5.97 Å². The SMILES string of the molecule is O=C1OC(=CBr)CC[C@H]1c1cccc2ccccc12. The van der Waals surface area contributed by atoms with Crippen LogP contribution in [0, 0.1) is 0 Å². The molecule has 0 bridgehead atoms. The zero-order valence-electron chi connectivity index (χ0n) is 10.3. The minimum absolute atomic E-state index is 0.159. The minimum atomic E-state index is -0.165. The summed E-state index contributed by atoms with van der Waals surface area (Å²) in [6.07, 6.45) is 1.58. The standard InChI is InChI=1S/C16H13BrO2/c17-10-12-8-9-15(16(18)19-12)14-7-3-5-11-4-1-2-6-13(11)14/h1-7,10,15H,8-9H2/t15-/m0/s1. The molecule has 1 aliphatic heterocycles. The molecule has 0 aliphatic carbocycles. The lowest BCUT2D eigenvalue weighted by Crippen LogP contribution is -2.21. The molecule has 0 radical (unpaired) electrons. The van der Waals surface area contributed by atoms with Crippen molar-refractivity contribution in [1.29, 1.82) is 0 Å². The second-order valence-electron chi connectivity index (χ2n) is 4.66. The fraction of sp³-hybridized carbons (Fsp3) is 0.188. The Morgan fingerprint density at radius 2 is 1.95 bits per heavy atom. The molecule has 1 heterocycles. The highest BCUT2D eigenvalue weighted by atomic mass is 79.9. The van der Waals surface area contributed by atoms with Crippen molar-refractivity contribution >= 4 is 32.7 Å². The third-order valence-corrected chi connectivity index (χ3v) is 4.03. The summed E-state index contributed by atoms with van der Waals surface area (Å²) in [4.78, 5) is 13.8. The summed E-state index contributed by atoms with van der Waals surface area (Å²) in [5.41, 5.74) is 1.07. The van der Waals surface area contributed by atoms with Gasteiger partial charge < -0.3 is 4.74 Å². The van der Waals surface area contributed by atoms with E-state index < -0.39 is 0 Å². The number of rotatable bonds is 1. The zero-order chi connectivity index (χ0) is 13.2. The first-order valence-corrected chi connectivity index (χ1v) is 7.20. The first kappa shape index (κ1) is 12.4. The molecule has 1 aliphatic rings. The summed E-state index contributed by atoms with van der Waals surface area (Å²) < 4.78 is 5.33. The molecule has 2 aromatic carbocycles. The highest BCUT2D eigenvalue weighted by molar-refractivity contribution is 9.11. The molecule has 1 saturated heterocycles. The number of esters is 1. The highest BCUT2D eigenvalue weighted by Crippen LogP contribution is 2.35. The first-order chi connectivity index (χ1) is 9.29. The molecule has 1 atom stereocenters. The van der Waals surface area contributed by atoms with Crippen LogP contribution in [-0.2, 0) is 9.53 Å². The number of hydrogen-bond acceptors (Lipinski definition) is 2. The molecule has 2 nitrogen and oxygen atoms in total. The quantitative estimate of drug-likeness (QED) is 0.724. The van der Waals surface area contributed by atoms with E-state index in [9.17, 15) is 4.79 Å². The fourth-order valence-electron chi connectivity index (χ4n) is 2.57. The third kappa shape index (κ3) is 2.30. The van der Waals surface area contributed by atoms with E-state index in [1.54, 1.807) is 4.99 Å². The van der Waals surface area contributed by atoms with Crippen molar-refractivity contribution in [3.63, 3.8) is 0 Å². The van der Waals surface area contributed by atoms with Crippen molar-refractivity contribution in [2.45, 2.75) is 18.8 Å². The van der Waals surface area contributed by atoms with Crippen molar-refractivity contribution in [2.75, 3.05) is 0 Å². The zero-order valence-corrected chi connectivity index (χ0v) is 11.9. The third-order valence-electron chi connectivity index (χ3n) is 3.52. The second kappa shape index (κ2) is 5.17. The van der Waals surface area contributed by atoms with Gasteiger partial charge in [-0.2, -0.15) is 0 Å². The molecule has 0 saturated carbocycles. The van der Waals surface area contributed by atoms with Gasteiger partial charge in [0.1, 0.15) is 5.76 Å². The number of allylic oxidation sites excluding steroid dienone is 1. The maximum absolute atomic E-state index is 12.1. The molecule has 0 aromatic heterocycles. The Balaban J connectivity index is 2.03. The molecule has 0 spiro atoms. The Bertz CT molecular complexity index is 655. The Morgan fingerprint density at radius 3 is 2.74 bits per heavy atom. The van der Waals surface area contributed by atoms with Gasteiger partial charge in [0.15, 0.2) is 0 Å². The summed E-state index contributed by atoms with van der Waals surface area (Å²) in [5, 5.41) is 2.30. The number of ether oxygens (including phenoxy) is 1. The van der Waals surface area contributed by atoms with Crippen LogP contribution in [0.2, 0.25) is 0 Å². The number of benzene rings is 2. The number of cyclic esters (lactones) is 1. The van der Waals surface area contributed by atoms with E-state index in [1.165, 1.54) is 0 Å². The molecule has 1 fully saturated rings. The Hall–Kier alpha value is -1.61. The van der Waals surface area contributed by atoms with E-state index >= 15 is 0 Å². The van der Waals surface area contributed by atoms with E-state index in [-0.39, 0.29) is 11.9 Å². The first-order valence-electron chi connectivity index (χ1n) is 6.28. The average molecular weight is 317 g/mol. The van der Waals surface area contributed by atoms with Crippen molar-refractivity contribution in [1.82, 2.24) is 0 Å². The largest absolute Gasteiger partial charge is 0.430 e. The maximum atomic E-state index is 12.1. The van der Waals surface area contributed by atoms with Gasteiger partial charge in [0.05, 0.1) is 5.92 Å². The fourth-order valence-corrected chi connectivity index (χ4v) is 2.89. The van der Waals surface area contributed by atoms with Gasteiger partial charge in [-0.25, -0.2) is 0 Å². The van der Waals surface area contributed by atoms with E-state index in [0.717, 1.165) is 29.2 Å². The lowest BCUT2D eigenvalue weighted by atomic mass is 9.88. The van der Waals surface area contributed by atoms with E-state index in [2.05, 4.69) is 34.1 Å². The summed E-state index contributed by atoms with van der Waals surface area (Å²) in [6, 6.07) is 14.2. The van der Waals surface area contributed by atoms with Crippen molar-refractivity contribution in [3.05, 3.63) is 58.8 Å². The predicted octanol–water partition coefficient (Wildman–Crippen LogP) is 4.50. The van der Waals surface area contributed by atoms with Crippen LogP contribution in [0.15, 0.2) is 53.2 Å². The van der Waals surface area contributed by atoms with Gasteiger partial charge in [0, 0.05) is 11.4 Å². The van der Waals surface area contributed by atoms with Gasteiger partial charge in [-0.15, -0.1) is 0 Å². The Kier molecular flexibility index (Phi) is 3.38. The number of fused-ring (bicyclic) bond motifs is 1. The topological polar surface area (TPSA) is 26.3 Å². The number of hydrogen-bond donors (Lipinski definition) is 0. The molecule has 3 heteroatoms. The van der Waals surface area contributed by atoms with Crippen molar-refractivity contribution in [3.8, 4) is 0 Å². The summed E-state index contributed by atoms with van der Waals surface area (Å²) >= 11 is 3.22. The van der Waals surface area contributed by atoms with Crippen LogP contribution in [-0.4, -0.2) is 5.97 Å². The normalized spacial score (nSPS) is 21.6. The predicted molar refractivity (Wildman–Crippen MR) is 79.0 cm³/mol.